The summed E-state index contributed by atoms with van der Waals surface area (Å²) in [6.45, 7) is 8.72. The smallest absolute Gasteiger partial charge is 0.242 e. The van der Waals surface area contributed by atoms with Gasteiger partial charge in [0.1, 0.15) is 11.5 Å². The minimum atomic E-state index is -1.60. The number of furan rings is 1. The first-order valence-corrected chi connectivity index (χ1v) is 12.1. The molecule has 1 N–H and O–H groups in total. The Labute approximate surface area is 154 Å². The van der Waals surface area contributed by atoms with Crippen molar-refractivity contribution in [2.75, 3.05) is 6.54 Å². The zero-order chi connectivity index (χ0) is 18.9. The Morgan fingerprint density at radius 3 is 2.46 bits per heavy atom. The summed E-state index contributed by atoms with van der Waals surface area (Å²) in [7, 11) is -1.60. The lowest BCUT2D eigenvalue weighted by atomic mass is 9.99. The highest BCUT2D eigenvalue weighted by Gasteiger charge is 2.29. The first kappa shape index (κ1) is 18.2. The van der Waals surface area contributed by atoms with E-state index in [0.29, 0.717) is 23.6 Å². The summed E-state index contributed by atoms with van der Waals surface area (Å²) < 4.78 is 11.2. The molecular weight excluding hydrogens is 346 g/mol. The fourth-order valence-electron chi connectivity index (χ4n) is 2.82. The van der Waals surface area contributed by atoms with Crippen LogP contribution >= 0.6 is 0 Å². The third-order valence-corrected chi connectivity index (χ3v) is 4.77. The summed E-state index contributed by atoms with van der Waals surface area (Å²) >= 11 is 0. The molecule has 0 amide bonds. The Morgan fingerprint density at radius 1 is 1.12 bits per heavy atom. The molecule has 1 aromatic carbocycles. The fourth-order valence-corrected chi connectivity index (χ4v) is 3.67. The lowest BCUT2D eigenvalue weighted by Gasteiger charge is -2.19. The first-order valence-electron chi connectivity index (χ1n) is 8.66. The van der Waals surface area contributed by atoms with Crippen LogP contribution in [0.1, 0.15) is 32.2 Å². The molecular formula is C20H23NO4Si. The van der Waals surface area contributed by atoms with E-state index < -0.39 is 8.32 Å². The average molecular weight is 369 g/mol. The molecule has 1 aliphatic carbocycles. The van der Waals surface area contributed by atoms with Crippen molar-refractivity contribution in [1.29, 1.82) is 0 Å². The zero-order valence-corrected chi connectivity index (χ0v) is 16.5. The molecule has 0 bridgehead atoms. The summed E-state index contributed by atoms with van der Waals surface area (Å²) in [4.78, 5) is 24.5. The van der Waals surface area contributed by atoms with Gasteiger partial charge in [0.2, 0.25) is 19.9 Å². The third-order valence-electron chi connectivity index (χ3n) is 3.92. The van der Waals surface area contributed by atoms with Gasteiger partial charge in [0, 0.05) is 12.6 Å². The normalized spacial score (nSPS) is 14.1. The second-order valence-corrected chi connectivity index (χ2v) is 11.8. The predicted octanol–water partition coefficient (Wildman–Crippen LogP) is 3.90. The molecule has 1 aromatic heterocycles. The minimum absolute atomic E-state index is 0.135. The second-order valence-electron chi connectivity index (χ2n) is 7.39. The number of carbonyl (C=O) groups is 2. The van der Waals surface area contributed by atoms with E-state index in [4.69, 9.17) is 8.84 Å². The Bertz CT molecular complexity index is 872. The van der Waals surface area contributed by atoms with Gasteiger partial charge in [-0.15, -0.1) is 0 Å². The monoisotopic (exact) mass is 369 g/mol. The van der Waals surface area contributed by atoms with E-state index in [-0.39, 0.29) is 17.3 Å². The number of benzene rings is 1. The van der Waals surface area contributed by atoms with Gasteiger partial charge in [-0.2, -0.15) is 0 Å². The van der Waals surface area contributed by atoms with E-state index in [0.717, 1.165) is 17.7 Å². The molecule has 3 rings (SSSR count). The summed E-state index contributed by atoms with van der Waals surface area (Å²) in [6.07, 6.45) is 2.06. The van der Waals surface area contributed by atoms with Gasteiger partial charge < -0.3 is 14.2 Å². The van der Waals surface area contributed by atoms with Crippen LogP contribution in [-0.4, -0.2) is 26.4 Å². The fraction of sp³-hybridized carbons (Fsp3) is 0.300. The average Bonchev–Trinajstić information content (AvgIpc) is 2.95. The number of nitrogens with one attached hydrogen (secondary N) is 1. The van der Waals surface area contributed by atoms with Crippen molar-refractivity contribution in [3.63, 3.8) is 0 Å². The van der Waals surface area contributed by atoms with Crippen LogP contribution in [0.4, 0.5) is 0 Å². The molecule has 2 aromatic rings. The van der Waals surface area contributed by atoms with Crippen molar-refractivity contribution in [3.8, 4) is 5.75 Å². The second kappa shape index (κ2) is 6.95. The molecule has 0 radical (unpaired) electrons. The van der Waals surface area contributed by atoms with Crippen LogP contribution in [0.25, 0.3) is 0 Å². The van der Waals surface area contributed by atoms with Crippen LogP contribution in [0.5, 0.6) is 5.75 Å². The van der Waals surface area contributed by atoms with Gasteiger partial charge >= 0.3 is 0 Å². The molecule has 0 fully saturated rings. The number of ketones is 2. The highest BCUT2D eigenvalue weighted by molar-refractivity contribution is 6.70. The molecule has 0 saturated carbocycles. The third kappa shape index (κ3) is 4.14. The molecule has 6 heteroatoms. The largest absolute Gasteiger partial charge is 0.544 e. The van der Waals surface area contributed by atoms with Gasteiger partial charge in [0.05, 0.1) is 11.3 Å². The van der Waals surface area contributed by atoms with Crippen molar-refractivity contribution in [3.05, 3.63) is 64.8 Å². The molecule has 1 aliphatic rings. The van der Waals surface area contributed by atoms with Crippen LogP contribution in [-0.2, 0) is 6.42 Å². The van der Waals surface area contributed by atoms with Crippen LogP contribution in [0, 0.1) is 6.92 Å². The molecule has 5 nitrogen and oxygen atoms in total. The van der Waals surface area contributed by atoms with Crippen molar-refractivity contribution < 1.29 is 18.4 Å². The van der Waals surface area contributed by atoms with Crippen molar-refractivity contribution in [2.45, 2.75) is 33.0 Å². The lowest BCUT2D eigenvalue weighted by Crippen LogP contribution is -2.29. The quantitative estimate of drug-likeness (QED) is 0.782. The molecule has 0 atom stereocenters. The van der Waals surface area contributed by atoms with Crippen molar-refractivity contribution in [2.24, 2.45) is 0 Å². The van der Waals surface area contributed by atoms with E-state index in [1.165, 1.54) is 6.08 Å². The number of allylic oxidation sites excluding steroid dienone is 2. The summed E-state index contributed by atoms with van der Waals surface area (Å²) in [5.74, 6) is 1.11. The Morgan fingerprint density at radius 2 is 1.81 bits per heavy atom. The van der Waals surface area contributed by atoms with Crippen molar-refractivity contribution >= 4 is 19.9 Å². The van der Waals surface area contributed by atoms with Crippen LogP contribution in [0.15, 0.2) is 46.5 Å². The predicted molar refractivity (Wildman–Crippen MR) is 102 cm³/mol. The molecule has 26 heavy (non-hydrogen) atoms. The maximum Gasteiger partial charge on any atom is 0.242 e. The number of aryl methyl sites for hydroxylation is 1. The number of fused-ring (bicyclic) bond motifs is 1. The SMILES string of the molecule is Cc1cc2c(o1)C(=O)C=C(NCCc1ccc(O[Si](C)(C)C)cc1)C2=O. The molecule has 0 aliphatic heterocycles. The van der Waals surface area contributed by atoms with Gasteiger partial charge in [0.25, 0.3) is 0 Å². The standard InChI is InChI=1S/C20H23NO4Si/c1-13-11-16-19(23)17(12-18(22)20(16)24-13)21-10-9-14-5-7-15(8-6-14)25-26(2,3)4/h5-8,11-12,21H,9-10H2,1-4H3. The summed E-state index contributed by atoms with van der Waals surface area (Å²) in [5.41, 5.74) is 1.79. The van der Waals surface area contributed by atoms with E-state index in [1.54, 1.807) is 13.0 Å². The maximum atomic E-state index is 12.4. The Kier molecular flexibility index (Phi) is 4.87. The number of Topliss-reactive ketones (excluding diaryl/α,β-unsaturated/α-hetero) is 1. The van der Waals surface area contributed by atoms with Gasteiger partial charge in [-0.1, -0.05) is 12.1 Å². The van der Waals surface area contributed by atoms with Crippen molar-refractivity contribution in [1.82, 2.24) is 5.32 Å². The van der Waals surface area contributed by atoms with Crippen LogP contribution < -0.4 is 9.74 Å². The molecule has 0 unspecified atom stereocenters. The number of hydrogen-bond donors (Lipinski definition) is 1. The van der Waals surface area contributed by atoms with Crippen LogP contribution in [0.2, 0.25) is 19.6 Å². The van der Waals surface area contributed by atoms with E-state index >= 15 is 0 Å². The summed E-state index contributed by atoms with van der Waals surface area (Å²) in [6, 6.07) is 9.61. The molecule has 0 saturated heterocycles. The molecule has 1 heterocycles. The van der Waals surface area contributed by atoms with Crippen LogP contribution in [0.3, 0.4) is 0 Å². The Balaban J connectivity index is 1.58. The highest BCUT2D eigenvalue weighted by atomic mass is 28.4. The highest BCUT2D eigenvalue weighted by Crippen LogP contribution is 2.23. The topological polar surface area (TPSA) is 68.5 Å². The first-order chi connectivity index (χ1) is 12.2. The minimum Gasteiger partial charge on any atom is -0.544 e. The molecule has 136 valence electrons. The van der Waals surface area contributed by atoms with Gasteiger partial charge in [-0.25, -0.2) is 0 Å². The Hall–Kier alpha value is -2.60. The number of carbonyl (C=O) groups excluding carboxylic acids is 2. The van der Waals surface area contributed by atoms with E-state index in [1.807, 2.05) is 24.3 Å². The van der Waals surface area contributed by atoms with Gasteiger partial charge in [-0.05, 0) is 56.7 Å². The number of rotatable bonds is 6. The lowest BCUT2D eigenvalue weighted by molar-refractivity contribution is 0.0961. The molecule has 0 spiro atoms. The maximum absolute atomic E-state index is 12.4. The zero-order valence-electron chi connectivity index (χ0n) is 15.5. The summed E-state index contributed by atoms with van der Waals surface area (Å²) in [5, 5.41) is 3.08. The van der Waals surface area contributed by atoms with Gasteiger partial charge in [0.15, 0.2) is 5.76 Å². The number of hydrogen-bond acceptors (Lipinski definition) is 5. The van der Waals surface area contributed by atoms with Gasteiger partial charge in [-0.3, -0.25) is 9.59 Å². The van der Waals surface area contributed by atoms with E-state index in [9.17, 15) is 9.59 Å². The van der Waals surface area contributed by atoms with E-state index in [2.05, 4.69) is 25.0 Å².